The lowest BCUT2D eigenvalue weighted by atomic mass is 10.1. The van der Waals surface area contributed by atoms with Crippen LogP contribution in [0.4, 0.5) is 0 Å². The number of nitrogens with one attached hydrogen (secondary N) is 1. The first kappa shape index (κ1) is 16.8. The van der Waals surface area contributed by atoms with Gasteiger partial charge in [-0.05, 0) is 37.3 Å². The van der Waals surface area contributed by atoms with E-state index in [-0.39, 0.29) is 5.91 Å². The molecular formula is C19H28N4O. The Bertz CT molecular complexity index is 568. The zero-order valence-electron chi connectivity index (χ0n) is 14.6. The van der Waals surface area contributed by atoms with Crippen molar-refractivity contribution in [1.29, 1.82) is 0 Å². The van der Waals surface area contributed by atoms with Gasteiger partial charge in [0, 0.05) is 45.7 Å². The number of fused-ring (bicyclic) bond motifs is 1. The number of amides is 1. The van der Waals surface area contributed by atoms with Crippen LogP contribution in [0.5, 0.6) is 0 Å². The van der Waals surface area contributed by atoms with Gasteiger partial charge in [-0.1, -0.05) is 24.3 Å². The molecule has 2 aliphatic heterocycles. The topological polar surface area (TPSA) is 47.9 Å². The molecular weight excluding hydrogens is 300 g/mol. The zero-order valence-corrected chi connectivity index (χ0v) is 14.6. The maximum atomic E-state index is 12.4. The number of likely N-dealkylation sites (tertiary alicyclic amines) is 1. The molecule has 24 heavy (non-hydrogen) atoms. The van der Waals surface area contributed by atoms with Crippen molar-refractivity contribution < 1.29 is 4.79 Å². The molecule has 5 nitrogen and oxygen atoms in total. The molecule has 0 aromatic heterocycles. The minimum atomic E-state index is 0.243. The van der Waals surface area contributed by atoms with Crippen LogP contribution in [0.2, 0.25) is 0 Å². The summed E-state index contributed by atoms with van der Waals surface area (Å²) in [5.41, 5.74) is 2.57. The molecule has 5 heteroatoms. The highest BCUT2D eigenvalue weighted by Crippen LogP contribution is 2.22. The number of carbonyl (C=O) groups excluding carboxylic acids is 1. The molecule has 2 heterocycles. The molecule has 0 atom stereocenters. The summed E-state index contributed by atoms with van der Waals surface area (Å²) in [6.07, 6.45) is 3.89. The van der Waals surface area contributed by atoms with Gasteiger partial charge in [0.2, 0.25) is 5.91 Å². The highest BCUT2D eigenvalue weighted by Gasteiger charge is 2.22. The van der Waals surface area contributed by atoms with Crippen LogP contribution in [-0.2, 0) is 17.9 Å². The molecule has 2 aliphatic rings. The minimum absolute atomic E-state index is 0.243. The third-order valence-electron chi connectivity index (χ3n) is 4.74. The van der Waals surface area contributed by atoms with Crippen LogP contribution in [0.1, 0.15) is 43.7 Å². The fourth-order valence-corrected chi connectivity index (χ4v) is 3.44. The summed E-state index contributed by atoms with van der Waals surface area (Å²) in [6.45, 7) is 7.41. The SMILES string of the molecule is CCNC(=NCCCC(=O)N1Cc2ccccc2C1)N1CCCC1. The van der Waals surface area contributed by atoms with E-state index in [0.717, 1.165) is 45.1 Å². The van der Waals surface area contributed by atoms with E-state index >= 15 is 0 Å². The summed E-state index contributed by atoms with van der Waals surface area (Å²) in [5.74, 6) is 1.25. The van der Waals surface area contributed by atoms with Gasteiger partial charge in [0.25, 0.3) is 0 Å². The molecule has 1 aromatic carbocycles. The summed E-state index contributed by atoms with van der Waals surface area (Å²) in [4.78, 5) is 21.4. The third-order valence-corrected chi connectivity index (χ3v) is 4.74. The lowest BCUT2D eigenvalue weighted by molar-refractivity contribution is -0.131. The Hall–Kier alpha value is -2.04. The van der Waals surface area contributed by atoms with Crippen LogP contribution in [0, 0.1) is 0 Å². The Morgan fingerprint density at radius 2 is 1.79 bits per heavy atom. The van der Waals surface area contributed by atoms with Crippen LogP contribution in [0.25, 0.3) is 0 Å². The molecule has 3 rings (SSSR count). The lowest BCUT2D eigenvalue weighted by Crippen LogP contribution is -2.39. The summed E-state index contributed by atoms with van der Waals surface area (Å²) in [7, 11) is 0. The Morgan fingerprint density at radius 1 is 1.12 bits per heavy atom. The van der Waals surface area contributed by atoms with Crippen molar-refractivity contribution in [3.8, 4) is 0 Å². The first-order valence-corrected chi connectivity index (χ1v) is 9.15. The number of aliphatic imine (C=N–C) groups is 1. The monoisotopic (exact) mass is 328 g/mol. The lowest BCUT2D eigenvalue weighted by Gasteiger charge is -2.20. The maximum Gasteiger partial charge on any atom is 0.223 e. The second-order valence-corrected chi connectivity index (χ2v) is 6.55. The predicted molar refractivity (Wildman–Crippen MR) is 96.7 cm³/mol. The zero-order chi connectivity index (χ0) is 16.8. The Morgan fingerprint density at radius 3 is 2.42 bits per heavy atom. The van der Waals surface area contributed by atoms with Crippen molar-refractivity contribution in [2.75, 3.05) is 26.2 Å². The van der Waals surface area contributed by atoms with Crippen LogP contribution in [0.3, 0.4) is 0 Å². The van der Waals surface area contributed by atoms with E-state index in [0.29, 0.717) is 13.0 Å². The standard InChI is InChI=1S/C19H28N4O/c1-2-20-19(22-12-5-6-13-22)21-11-7-10-18(24)23-14-16-8-3-4-9-17(16)15-23/h3-4,8-9H,2,5-7,10-15H2,1H3,(H,20,21). The first-order chi connectivity index (χ1) is 11.8. The fraction of sp³-hybridized carbons (Fsp3) is 0.579. The van der Waals surface area contributed by atoms with Gasteiger partial charge in [-0.3, -0.25) is 9.79 Å². The van der Waals surface area contributed by atoms with E-state index in [2.05, 4.69) is 29.3 Å². The summed E-state index contributed by atoms with van der Waals surface area (Å²) >= 11 is 0. The fourth-order valence-electron chi connectivity index (χ4n) is 3.44. The highest BCUT2D eigenvalue weighted by molar-refractivity contribution is 5.80. The number of rotatable bonds is 5. The van der Waals surface area contributed by atoms with Crippen LogP contribution in [0.15, 0.2) is 29.3 Å². The minimum Gasteiger partial charge on any atom is -0.357 e. The van der Waals surface area contributed by atoms with Gasteiger partial charge in [-0.2, -0.15) is 0 Å². The molecule has 0 unspecified atom stereocenters. The number of carbonyl (C=O) groups is 1. The Kier molecular flexibility index (Phi) is 5.72. The molecule has 1 fully saturated rings. The van der Waals surface area contributed by atoms with E-state index in [4.69, 9.17) is 4.99 Å². The molecule has 0 saturated carbocycles. The van der Waals surface area contributed by atoms with Crippen LogP contribution >= 0.6 is 0 Å². The molecule has 0 spiro atoms. The van der Waals surface area contributed by atoms with Crippen molar-refractivity contribution in [2.24, 2.45) is 4.99 Å². The second kappa shape index (κ2) is 8.18. The Labute approximate surface area is 144 Å². The summed E-state index contributed by atoms with van der Waals surface area (Å²) < 4.78 is 0. The van der Waals surface area contributed by atoms with Gasteiger partial charge in [0.05, 0.1) is 0 Å². The van der Waals surface area contributed by atoms with Gasteiger partial charge in [-0.25, -0.2) is 0 Å². The molecule has 0 bridgehead atoms. The average Bonchev–Trinajstić information content (AvgIpc) is 3.26. The van der Waals surface area contributed by atoms with E-state index in [1.54, 1.807) is 0 Å². The third kappa shape index (κ3) is 4.08. The average molecular weight is 328 g/mol. The number of hydrogen-bond acceptors (Lipinski definition) is 2. The smallest absolute Gasteiger partial charge is 0.223 e. The van der Waals surface area contributed by atoms with Crippen molar-refractivity contribution in [1.82, 2.24) is 15.1 Å². The quantitative estimate of drug-likeness (QED) is 0.513. The first-order valence-electron chi connectivity index (χ1n) is 9.15. The second-order valence-electron chi connectivity index (χ2n) is 6.55. The van der Waals surface area contributed by atoms with Crippen molar-refractivity contribution in [2.45, 2.75) is 45.7 Å². The molecule has 0 aliphatic carbocycles. The maximum absolute atomic E-state index is 12.4. The van der Waals surface area contributed by atoms with E-state index < -0.39 is 0 Å². The normalized spacial score (nSPS) is 17.3. The van der Waals surface area contributed by atoms with Crippen molar-refractivity contribution in [3.63, 3.8) is 0 Å². The molecule has 1 N–H and O–H groups in total. The van der Waals surface area contributed by atoms with Crippen LogP contribution in [-0.4, -0.2) is 47.8 Å². The van der Waals surface area contributed by atoms with Gasteiger partial charge >= 0.3 is 0 Å². The van der Waals surface area contributed by atoms with E-state index in [1.165, 1.54) is 24.0 Å². The van der Waals surface area contributed by atoms with E-state index in [1.807, 2.05) is 17.0 Å². The highest BCUT2D eigenvalue weighted by atomic mass is 16.2. The predicted octanol–water partition coefficient (Wildman–Crippen LogP) is 2.37. The number of guanidine groups is 1. The number of nitrogens with zero attached hydrogens (tertiary/aromatic N) is 3. The van der Waals surface area contributed by atoms with Gasteiger partial charge in [0.15, 0.2) is 5.96 Å². The molecule has 0 radical (unpaired) electrons. The van der Waals surface area contributed by atoms with Crippen molar-refractivity contribution in [3.05, 3.63) is 35.4 Å². The molecule has 130 valence electrons. The Balaban J connectivity index is 1.44. The number of hydrogen-bond donors (Lipinski definition) is 1. The summed E-state index contributed by atoms with van der Waals surface area (Å²) in [6, 6.07) is 8.32. The molecule has 1 amide bonds. The molecule has 1 saturated heterocycles. The number of benzene rings is 1. The largest absolute Gasteiger partial charge is 0.357 e. The van der Waals surface area contributed by atoms with Gasteiger partial charge in [-0.15, -0.1) is 0 Å². The van der Waals surface area contributed by atoms with Crippen LogP contribution < -0.4 is 5.32 Å². The van der Waals surface area contributed by atoms with Crippen molar-refractivity contribution >= 4 is 11.9 Å². The van der Waals surface area contributed by atoms with Gasteiger partial charge in [0.1, 0.15) is 0 Å². The molecule has 1 aromatic rings. The van der Waals surface area contributed by atoms with E-state index in [9.17, 15) is 4.79 Å². The van der Waals surface area contributed by atoms with Gasteiger partial charge < -0.3 is 15.1 Å². The summed E-state index contributed by atoms with van der Waals surface area (Å²) in [5, 5.41) is 3.36.